The van der Waals surface area contributed by atoms with Gasteiger partial charge in [-0.3, -0.25) is 4.79 Å². The number of hydrogen-bond donors (Lipinski definition) is 1. The van der Waals surface area contributed by atoms with Gasteiger partial charge in [-0.25, -0.2) is 0 Å². The average Bonchev–Trinajstić information content (AvgIpc) is 2.39. The summed E-state index contributed by atoms with van der Waals surface area (Å²) in [5, 5.41) is 3.28. The SMILES string of the molecule is CCOC(=O)CCN[C@@H](C)c1cccc(OC)c1. The number of ether oxygens (including phenoxy) is 2. The Labute approximate surface area is 108 Å². The van der Waals surface area contributed by atoms with Gasteiger partial charge >= 0.3 is 5.97 Å². The van der Waals surface area contributed by atoms with Gasteiger partial charge in [0, 0.05) is 12.6 Å². The summed E-state index contributed by atoms with van der Waals surface area (Å²) in [6.07, 6.45) is 0.391. The van der Waals surface area contributed by atoms with Crippen LogP contribution in [0.3, 0.4) is 0 Å². The van der Waals surface area contributed by atoms with Gasteiger partial charge in [-0.2, -0.15) is 0 Å². The molecule has 1 aromatic carbocycles. The van der Waals surface area contributed by atoms with E-state index < -0.39 is 0 Å². The van der Waals surface area contributed by atoms with Crippen LogP contribution in [0.1, 0.15) is 31.9 Å². The molecule has 0 unspecified atom stereocenters. The standard InChI is InChI=1S/C14H21NO3/c1-4-18-14(16)8-9-15-11(2)12-6-5-7-13(10-12)17-3/h5-7,10-11,15H,4,8-9H2,1-3H3/t11-/m0/s1. The number of benzene rings is 1. The lowest BCUT2D eigenvalue weighted by molar-refractivity contribution is -0.143. The van der Waals surface area contributed by atoms with Gasteiger partial charge in [0.2, 0.25) is 0 Å². The molecule has 0 saturated carbocycles. The lowest BCUT2D eigenvalue weighted by Gasteiger charge is -2.14. The fraction of sp³-hybridized carbons (Fsp3) is 0.500. The molecule has 0 aliphatic carbocycles. The Hall–Kier alpha value is -1.55. The van der Waals surface area contributed by atoms with E-state index >= 15 is 0 Å². The molecule has 0 fully saturated rings. The Kier molecular flexibility index (Phi) is 6.22. The highest BCUT2D eigenvalue weighted by atomic mass is 16.5. The van der Waals surface area contributed by atoms with Gasteiger partial charge in [0.15, 0.2) is 0 Å². The van der Waals surface area contributed by atoms with Gasteiger partial charge < -0.3 is 14.8 Å². The van der Waals surface area contributed by atoms with Crippen molar-refractivity contribution in [1.29, 1.82) is 0 Å². The first kappa shape index (κ1) is 14.5. The van der Waals surface area contributed by atoms with Crippen LogP contribution >= 0.6 is 0 Å². The molecule has 4 nitrogen and oxygen atoms in total. The molecule has 0 amide bonds. The molecule has 0 heterocycles. The maximum atomic E-state index is 11.2. The molecule has 1 atom stereocenters. The van der Waals surface area contributed by atoms with Gasteiger partial charge in [0.05, 0.1) is 20.1 Å². The second-order valence-electron chi connectivity index (χ2n) is 4.01. The van der Waals surface area contributed by atoms with Crippen molar-refractivity contribution < 1.29 is 14.3 Å². The zero-order valence-corrected chi connectivity index (χ0v) is 11.2. The van der Waals surface area contributed by atoms with Crippen molar-refractivity contribution in [2.45, 2.75) is 26.3 Å². The zero-order valence-electron chi connectivity index (χ0n) is 11.2. The van der Waals surface area contributed by atoms with E-state index in [1.807, 2.05) is 31.2 Å². The molecular weight excluding hydrogens is 230 g/mol. The van der Waals surface area contributed by atoms with Gasteiger partial charge in [0.1, 0.15) is 5.75 Å². The number of carbonyl (C=O) groups is 1. The van der Waals surface area contributed by atoms with E-state index in [2.05, 4.69) is 12.2 Å². The van der Waals surface area contributed by atoms with Crippen molar-refractivity contribution in [3.05, 3.63) is 29.8 Å². The number of carbonyl (C=O) groups excluding carboxylic acids is 1. The van der Waals surface area contributed by atoms with Crippen molar-refractivity contribution >= 4 is 5.97 Å². The summed E-state index contributed by atoms with van der Waals surface area (Å²) in [6.45, 7) is 4.91. The zero-order chi connectivity index (χ0) is 13.4. The number of rotatable bonds is 7. The van der Waals surface area contributed by atoms with Crippen LogP contribution in [-0.2, 0) is 9.53 Å². The topological polar surface area (TPSA) is 47.6 Å². The molecule has 1 rings (SSSR count). The predicted octanol–water partition coefficient (Wildman–Crippen LogP) is 2.30. The molecule has 1 N–H and O–H groups in total. The van der Waals surface area contributed by atoms with Gasteiger partial charge in [-0.05, 0) is 31.5 Å². The first-order valence-electron chi connectivity index (χ1n) is 6.20. The summed E-state index contributed by atoms with van der Waals surface area (Å²) in [6, 6.07) is 8.06. The van der Waals surface area contributed by atoms with E-state index in [4.69, 9.17) is 9.47 Å². The lowest BCUT2D eigenvalue weighted by Crippen LogP contribution is -2.22. The van der Waals surface area contributed by atoms with E-state index in [-0.39, 0.29) is 12.0 Å². The third kappa shape index (κ3) is 4.75. The normalized spacial score (nSPS) is 11.9. The van der Waals surface area contributed by atoms with Crippen LogP contribution in [0.15, 0.2) is 24.3 Å². The van der Waals surface area contributed by atoms with E-state index in [1.165, 1.54) is 0 Å². The fourth-order valence-corrected chi connectivity index (χ4v) is 1.65. The number of nitrogens with one attached hydrogen (secondary N) is 1. The fourth-order valence-electron chi connectivity index (χ4n) is 1.65. The quantitative estimate of drug-likeness (QED) is 0.755. The van der Waals surface area contributed by atoms with Crippen molar-refractivity contribution in [2.75, 3.05) is 20.3 Å². The molecule has 100 valence electrons. The van der Waals surface area contributed by atoms with Gasteiger partial charge in [-0.15, -0.1) is 0 Å². The summed E-state index contributed by atoms with van der Waals surface area (Å²) >= 11 is 0. The van der Waals surface area contributed by atoms with E-state index in [1.54, 1.807) is 7.11 Å². The van der Waals surface area contributed by atoms with Crippen LogP contribution in [0.4, 0.5) is 0 Å². The molecule has 0 radical (unpaired) electrons. The Morgan fingerprint density at radius 2 is 2.22 bits per heavy atom. The Balaban J connectivity index is 2.40. The molecular formula is C14H21NO3. The molecule has 0 aliphatic heterocycles. The van der Waals surface area contributed by atoms with E-state index in [0.29, 0.717) is 19.6 Å². The highest BCUT2D eigenvalue weighted by molar-refractivity contribution is 5.69. The van der Waals surface area contributed by atoms with E-state index in [9.17, 15) is 4.79 Å². The van der Waals surface area contributed by atoms with Crippen LogP contribution in [0.25, 0.3) is 0 Å². The molecule has 1 aromatic rings. The third-order valence-corrected chi connectivity index (χ3v) is 2.68. The molecule has 18 heavy (non-hydrogen) atoms. The third-order valence-electron chi connectivity index (χ3n) is 2.68. The minimum atomic E-state index is -0.164. The van der Waals surface area contributed by atoms with Crippen LogP contribution in [0, 0.1) is 0 Å². The van der Waals surface area contributed by atoms with Crippen molar-refractivity contribution in [1.82, 2.24) is 5.32 Å². The summed E-state index contributed by atoms with van der Waals surface area (Å²) < 4.78 is 10.0. The van der Waals surface area contributed by atoms with Crippen LogP contribution < -0.4 is 10.1 Å². The number of methoxy groups -OCH3 is 1. The Morgan fingerprint density at radius 3 is 2.89 bits per heavy atom. The molecule has 0 saturated heterocycles. The van der Waals surface area contributed by atoms with E-state index in [0.717, 1.165) is 11.3 Å². The second kappa shape index (κ2) is 7.71. The summed E-state index contributed by atoms with van der Waals surface area (Å²) in [4.78, 5) is 11.2. The second-order valence-corrected chi connectivity index (χ2v) is 4.01. The monoisotopic (exact) mass is 251 g/mol. The number of esters is 1. The van der Waals surface area contributed by atoms with Crippen molar-refractivity contribution in [3.8, 4) is 5.75 Å². The average molecular weight is 251 g/mol. The summed E-state index contributed by atoms with van der Waals surface area (Å²) in [5.41, 5.74) is 1.14. The van der Waals surface area contributed by atoms with Crippen molar-refractivity contribution in [2.24, 2.45) is 0 Å². The predicted molar refractivity (Wildman–Crippen MR) is 70.7 cm³/mol. The Morgan fingerprint density at radius 1 is 1.44 bits per heavy atom. The van der Waals surface area contributed by atoms with Gasteiger partial charge in [-0.1, -0.05) is 12.1 Å². The Bertz CT molecular complexity index is 379. The van der Waals surface area contributed by atoms with Crippen LogP contribution in [-0.4, -0.2) is 26.2 Å². The summed E-state index contributed by atoms with van der Waals surface area (Å²) in [7, 11) is 1.65. The minimum absolute atomic E-state index is 0.164. The largest absolute Gasteiger partial charge is 0.497 e. The molecule has 0 bridgehead atoms. The highest BCUT2D eigenvalue weighted by Gasteiger charge is 2.07. The maximum absolute atomic E-state index is 11.2. The maximum Gasteiger partial charge on any atom is 0.307 e. The number of hydrogen-bond acceptors (Lipinski definition) is 4. The highest BCUT2D eigenvalue weighted by Crippen LogP contribution is 2.18. The first-order valence-corrected chi connectivity index (χ1v) is 6.20. The smallest absolute Gasteiger partial charge is 0.307 e. The summed E-state index contributed by atoms with van der Waals surface area (Å²) in [5.74, 6) is 0.675. The molecule has 0 aromatic heterocycles. The van der Waals surface area contributed by atoms with Gasteiger partial charge in [0.25, 0.3) is 0 Å². The molecule has 4 heteroatoms. The van der Waals surface area contributed by atoms with Crippen LogP contribution in [0.5, 0.6) is 5.75 Å². The van der Waals surface area contributed by atoms with Crippen molar-refractivity contribution in [3.63, 3.8) is 0 Å². The van der Waals surface area contributed by atoms with Crippen LogP contribution in [0.2, 0.25) is 0 Å². The lowest BCUT2D eigenvalue weighted by atomic mass is 10.1. The first-order chi connectivity index (χ1) is 8.67. The minimum Gasteiger partial charge on any atom is -0.497 e. The molecule has 0 spiro atoms. The molecule has 0 aliphatic rings.